The van der Waals surface area contributed by atoms with Crippen LogP contribution >= 0.6 is 11.6 Å². The van der Waals surface area contributed by atoms with Gasteiger partial charge in [-0.3, -0.25) is 9.59 Å². The second-order valence-corrected chi connectivity index (χ2v) is 5.85. The number of Topliss-reactive ketones (excluding diaryl/α,β-unsaturated/α-hetero) is 1. The average molecular weight is 381 g/mol. The van der Waals surface area contributed by atoms with Crippen LogP contribution in [0.25, 0.3) is 0 Å². The first-order valence-electron chi connectivity index (χ1n) is 8.11. The van der Waals surface area contributed by atoms with E-state index in [1.54, 1.807) is 24.3 Å². The maximum Gasteiger partial charge on any atom is 0.319 e. The second-order valence-electron chi connectivity index (χ2n) is 5.42. The number of unbranched alkanes of at least 4 members (excludes halogenated alkanes) is 2. The van der Waals surface area contributed by atoms with Gasteiger partial charge in [-0.2, -0.15) is 4.99 Å². The van der Waals surface area contributed by atoms with Crippen molar-refractivity contribution in [2.45, 2.75) is 31.7 Å². The molecule has 0 aromatic heterocycles. The molecule has 0 saturated heterocycles. The van der Waals surface area contributed by atoms with Gasteiger partial charge in [0, 0.05) is 24.3 Å². The summed E-state index contributed by atoms with van der Waals surface area (Å²) in [6.45, 7) is 0.449. The maximum atomic E-state index is 11.7. The Labute approximate surface area is 156 Å². The predicted octanol–water partition coefficient (Wildman–Crippen LogP) is 2.04. The van der Waals surface area contributed by atoms with E-state index in [1.165, 1.54) is 13.1 Å². The van der Waals surface area contributed by atoms with Crippen molar-refractivity contribution in [1.29, 1.82) is 0 Å². The molecule has 140 valence electrons. The highest BCUT2D eigenvalue weighted by molar-refractivity contribution is 6.38. The van der Waals surface area contributed by atoms with Gasteiger partial charge in [0.15, 0.2) is 0 Å². The molecule has 0 aliphatic rings. The number of hydrogen-bond donors (Lipinski definition) is 3. The third-order valence-electron chi connectivity index (χ3n) is 3.50. The molecule has 3 amide bonds. The minimum absolute atomic E-state index is 0.276. The van der Waals surface area contributed by atoms with E-state index in [1.807, 2.05) is 0 Å². The van der Waals surface area contributed by atoms with Crippen LogP contribution in [0.5, 0.6) is 0 Å². The lowest BCUT2D eigenvalue weighted by Crippen LogP contribution is -2.35. The van der Waals surface area contributed by atoms with Crippen molar-refractivity contribution in [3.63, 3.8) is 0 Å². The molecule has 0 saturated carbocycles. The lowest BCUT2D eigenvalue weighted by Gasteiger charge is -2.09. The number of carbonyl (C=O) groups excluding carboxylic acids is 4. The van der Waals surface area contributed by atoms with Crippen LogP contribution in [0.3, 0.4) is 0 Å². The summed E-state index contributed by atoms with van der Waals surface area (Å²) in [4.78, 5) is 48.5. The first kappa shape index (κ1) is 21.3. The van der Waals surface area contributed by atoms with Gasteiger partial charge in [0.05, 0.1) is 0 Å². The van der Waals surface area contributed by atoms with Crippen molar-refractivity contribution in [3.05, 3.63) is 29.3 Å². The van der Waals surface area contributed by atoms with Crippen LogP contribution in [0, 0.1) is 0 Å². The van der Waals surface area contributed by atoms with E-state index < -0.39 is 17.7 Å². The first-order chi connectivity index (χ1) is 12.5. The van der Waals surface area contributed by atoms with E-state index in [-0.39, 0.29) is 12.5 Å². The summed E-state index contributed by atoms with van der Waals surface area (Å²) >= 11 is 5.77. The first-order valence-corrected chi connectivity index (χ1v) is 8.49. The molecule has 9 heteroatoms. The number of rotatable bonds is 10. The normalized spacial score (nSPS) is 11.0. The van der Waals surface area contributed by atoms with Crippen molar-refractivity contribution < 1.29 is 19.2 Å². The smallest absolute Gasteiger partial charge is 0.319 e. The van der Waals surface area contributed by atoms with Gasteiger partial charge in [-0.05, 0) is 37.1 Å². The summed E-state index contributed by atoms with van der Waals surface area (Å²) in [7, 11) is 1.34. The minimum atomic E-state index is -1.01. The molecule has 26 heavy (non-hydrogen) atoms. The van der Waals surface area contributed by atoms with Gasteiger partial charge >= 0.3 is 6.03 Å². The summed E-state index contributed by atoms with van der Waals surface area (Å²) < 4.78 is 0. The Balaban J connectivity index is 2.23. The van der Waals surface area contributed by atoms with Gasteiger partial charge in [0.25, 0.3) is 5.91 Å². The summed E-state index contributed by atoms with van der Waals surface area (Å²) in [5.74, 6) is -1.54. The van der Waals surface area contributed by atoms with E-state index in [2.05, 4.69) is 20.9 Å². The zero-order chi connectivity index (χ0) is 19.4. The monoisotopic (exact) mass is 380 g/mol. The summed E-state index contributed by atoms with van der Waals surface area (Å²) in [5, 5.41) is 8.18. The van der Waals surface area contributed by atoms with Crippen molar-refractivity contribution in [3.8, 4) is 0 Å². The Morgan fingerprint density at radius 3 is 2.46 bits per heavy atom. The fourth-order valence-electron chi connectivity index (χ4n) is 2.14. The highest BCUT2D eigenvalue weighted by Gasteiger charge is 2.23. The highest BCUT2D eigenvalue weighted by atomic mass is 35.5. The average Bonchev–Trinajstić information content (AvgIpc) is 2.64. The lowest BCUT2D eigenvalue weighted by molar-refractivity contribution is -0.138. The Bertz CT molecular complexity index is 672. The van der Waals surface area contributed by atoms with E-state index in [0.717, 1.165) is 0 Å². The zero-order valence-electron chi connectivity index (χ0n) is 14.4. The molecule has 0 spiro atoms. The number of nitrogens with one attached hydrogen (secondary N) is 3. The molecular formula is C17H21ClN4O4. The number of hydrogen-bond acceptors (Lipinski definition) is 5. The molecule has 0 fully saturated rings. The van der Waals surface area contributed by atoms with Gasteiger partial charge in [-0.25, -0.2) is 9.59 Å². The Morgan fingerprint density at radius 2 is 1.85 bits per heavy atom. The molecular weight excluding hydrogens is 360 g/mol. The SMILES string of the molecule is CNC(=O)C(=O)C(CCCCCNC(=O)Nc1ccc(Cl)cc1)N=C=O. The van der Waals surface area contributed by atoms with Gasteiger partial charge in [-0.1, -0.05) is 24.4 Å². The molecule has 0 aliphatic carbocycles. The Kier molecular flexibility index (Phi) is 9.67. The number of ketones is 1. The van der Waals surface area contributed by atoms with Crippen LogP contribution in [0.1, 0.15) is 25.7 Å². The number of carbonyl (C=O) groups is 3. The second kappa shape index (κ2) is 11.8. The summed E-state index contributed by atoms with van der Waals surface area (Å²) in [6.07, 6.45) is 3.56. The molecule has 3 N–H and O–H groups in total. The highest BCUT2D eigenvalue weighted by Crippen LogP contribution is 2.13. The van der Waals surface area contributed by atoms with E-state index in [0.29, 0.717) is 36.5 Å². The van der Waals surface area contributed by atoms with Crippen molar-refractivity contribution in [2.24, 2.45) is 4.99 Å². The fourth-order valence-corrected chi connectivity index (χ4v) is 2.27. The number of urea groups is 1. The van der Waals surface area contributed by atoms with Gasteiger partial charge in [0.2, 0.25) is 11.9 Å². The number of isocyanates is 1. The number of anilines is 1. The lowest BCUT2D eigenvalue weighted by atomic mass is 10.0. The molecule has 0 aliphatic heterocycles. The summed E-state index contributed by atoms with van der Waals surface area (Å²) in [6, 6.07) is 5.41. The quantitative estimate of drug-likeness (QED) is 0.249. The van der Waals surface area contributed by atoms with Crippen LogP contribution in [0.2, 0.25) is 5.02 Å². The number of aliphatic imine (C=N–C) groups is 1. The molecule has 1 unspecified atom stereocenters. The fraction of sp³-hybridized carbons (Fsp3) is 0.412. The number of nitrogens with zero attached hydrogens (tertiary/aromatic N) is 1. The maximum absolute atomic E-state index is 11.7. The largest absolute Gasteiger partial charge is 0.353 e. The minimum Gasteiger partial charge on any atom is -0.353 e. The zero-order valence-corrected chi connectivity index (χ0v) is 15.1. The third-order valence-corrected chi connectivity index (χ3v) is 3.76. The van der Waals surface area contributed by atoms with E-state index in [9.17, 15) is 19.2 Å². The molecule has 0 radical (unpaired) electrons. The molecule has 1 aromatic rings. The standard InChI is InChI=1S/C17H21ClN4O4/c1-19-16(25)15(24)14(21-11-23)5-3-2-4-10-20-17(26)22-13-8-6-12(18)7-9-13/h6-9,14H,2-5,10H2,1H3,(H,19,25)(H2,20,22,26). The molecule has 1 aromatic carbocycles. The van der Waals surface area contributed by atoms with Crippen LogP contribution < -0.4 is 16.0 Å². The molecule has 8 nitrogen and oxygen atoms in total. The molecule has 0 bridgehead atoms. The Hall–Kier alpha value is -2.70. The van der Waals surface area contributed by atoms with Gasteiger partial charge < -0.3 is 16.0 Å². The van der Waals surface area contributed by atoms with E-state index in [4.69, 9.17) is 11.6 Å². The number of benzene rings is 1. The Morgan fingerprint density at radius 1 is 1.15 bits per heavy atom. The molecule has 1 rings (SSSR count). The summed E-state index contributed by atoms with van der Waals surface area (Å²) in [5.41, 5.74) is 0.633. The van der Waals surface area contributed by atoms with Crippen molar-refractivity contribution >= 4 is 41.1 Å². The molecule has 0 heterocycles. The molecule has 1 atom stereocenters. The third kappa shape index (κ3) is 7.92. The topological polar surface area (TPSA) is 117 Å². The predicted molar refractivity (Wildman–Crippen MR) is 97.9 cm³/mol. The van der Waals surface area contributed by atoms with Gasteiger partial charge in [0.1, 0.15) is 6.04 Å². The number of likely N-dealkylation sites (N-methyl/N-ethyl adjacent to an activating group) is 1. The van der Waals surface area contributed by atoms with Crippen LogP contribution in [0.15, 0.2) is 29.3 Å². The van der Waals surface area contributed by atoms with Crippen molar-refractivity contribution in [2.75, 3.05) is 18.9 Å². The van der Waals surface area contributed by atoms with Gasteiger partial charge in [-0.15, -0.1) is 0 Å². The van der Waals surface area contributed by atoms with Crippen LogP contribution in [-0.4, -0.2) is 43.4 Å². The van der Waals surface area contributed by atoms with Crippen LogP contribution in [0.4, 0.5) is 10.5 Å². The number of halogens is 1. The van der Waals surface area contributed by atoms with Crippen LogP contribution in [-0.2, 0) is 14.4 Å². The number of amides is 3. The van der Waals surface area contributed by atoms with Crippen molar-refractivity contribution in [1.82, 2.24) is 10.6 Å². The van der Waals surface area contributed by atoms with E-state index >= 15 is 0 Å².